The van der Waals surface area contributed by atoms with E-state index in [1.54, 1.807) is 32.9 Å². The molecule has 1 aromatic rings. The van der Waals surface area contributed by atoms with Crippen molar-refractivity contribution in [1.29, 1.82) is 0 Å². The van der Waals surface area contributed by atoms with E-state index in [0.29, 0.717) is 37.3 Å². The van der Waals surface area contributed by atoms with Crippen LogP contribution in [0.5, 0.6) is 0 Å². The lowest BCUT2D eigenvalue weighted by atomic mass is 10.2. The topological polar surface area (TPSA) is 102 Å². The van der Waals surface area contributed by atoms with Gasteiger partial charge in [-0.1, -0.05) is 19.9 Å². The molecule has 1 aliphatic heterocycles. The van der Waals surface area contributed by atoms with Crippen LogP contribution in [0.1, 0.15) is 32.3 Å². The van der Waals surface area contributed by atoms with Crippen LogP contribution in [-0.4, -0.2) is 50.5 Å². The Balaban J connectivity index is 2.20. The second kappa shape index (κ2) is 8.27. The Labute approximate surface area is 149 Å². The van der Waals surface area contributed by atoms with Gasteiger partial charge in [0.1, 0.15) is 6.10 Å². The van der Waals surface area contributed by atoms with Crippen LogP contribution in [0.25, 0.3) is 0 Å². The largest absolute Gasteiger partial charge is 0.364 e. The number of anilines is 1. The second-order valence-corrected chi connectivity index (χ2v) is 8.02. The number of aryl methyl sites for hydroxylation is 1. The van der Waals surface area contributed by atoms with E-state index in [-0.39, 0.29) is 16.9 Å². The average Bonchev–Trinajstić information content (AvgIpc) is 3.06. The maximum atomic E-state index is 12.8. The molecular formula is C17H27N3O4S. The molecular weight excluding hydrogens is 342 g/mol. The van der Waals surface area contributed by atoms with Crippen LogP contribution in [-0.2, 0) is 19.6 Å². The van der Waals surface area contributed by atoms with Crippen LogP contribution in [0.2, 0.25) is 0 Å². The van der Waals surface area contributed by atoms with Gasteiger partial charge in [0.15, 0.2) is 0 Å². The van der Waals surface area contributed by atoms with Gasteiger partial charge < -0.3 is 15.8 Å². The average molecular weight is 369 g/mol. The van der Waals surface area contributed by atoms with Gasteiger partial charge in [-0.05, 0) is 37.5 Å². The number of benzene rings is 1. The zero-order valence-corrected chi connectivity index (χ0v) is 15.8. The number of hydrogen-bond acceptors (Lipinski definition) is 5. The lowest BCUT2D eigenvalue weighted by molar-refractivity contribution is -0.126. The molecule has 2 atom stereocenters. The van der Waals surface area contributed by atoms with Crippen LogP contribution in [0, 0.1) is 6.92 Å². The maximum Gasteiger partial charge on any atom is 0.253 e. The van der Waals surface area contributed by atoms with E-state index in [9.17, 15) is 13.2 Å². The van der Waals surface area contributed by atoms with Crippen LogP contribution in [0.4, 0.5) is 5.69 Å². The van der Waals surface area contributed by atoms with Crippen LogP contribution in [0.3, 0.4) is 0 Å². The number of carbonyl (C=O) groups excluding carboxylic acids is 1. The highest BCUT2D eigenvalue weighted by molar-refractivity contribution is 7.89. The number of nitrogens with zero attached hydrogens (tertiary/aromatic N) is 1. The molecule has 0 aromatic heterocycles. The molecule has 25 heavy (non-hydrogen) atoms. The first-order chi connectivity index (χ1) is 11.8. The molecule has 7 nitrogen and oxygen atoms in total. The fourth-order valence-corrected chi connectivity index (χ4v) is 4.66. The number of rotatable bonds is 7. The fourth-order valence-electron chi connectivity index (χ4n) is 2.95. The summed E-state index contributed by atoms with van der Waals surface area (Å²) in [6.07, 6.45) is 0.735. The molecule has 1 saturated heterocycles. The second-order valence-electron chi connectivity index (χ2n) is 6.12. The Morgan fingerprint density at radius 1 is 1.32 bits per heavy atom. The van der Waals surface area contributed by atoms with Gasteiger partial charge in [-0.25, -0.2) is 8.42 Å². The van der Waals surface area contributed by atoms with Crippen molar-refractivity contribution in [2.45, 2.75) is 50.7 Å². The van der Waals surface area contributed by atoms with E-state index in [1.165, 1.54) is 10.4 Å². The van der Waals surface area contributed by atoms with Crippen molar-refractivity contribution in [3.05, 3.63) is 23.8 Å². The molecule has 1 aliphatic rings. The molecule has 2 rings (SSSR count). The Kier molecular flexibility index (Phi) is 6.56. The Morgan fingerprint density at radius 3 is 2.56 bits per heavy atom. The normalized spacial score (nSPS) is 20.8. The van der Waals surface area contributed by atoms with E-state index in [4.69, 9.17) is 10.5 Å². The lowest BCUT2D eigenvalue weighted by Gasteiger charge is -2.20. The summed E-state index contributed by atoms with van der Waals surface area (Å²) in [7, 11) is -3.59. The van der Waals surface area contributed by atoms with E-state index in [1.807, 2.05) is 0 Å². The highest BCUT2D eigenvalue weighted by Gasteiger charge is 2.30. The summed E-state index contributed by atoms with van der Waals surface area (Å²) in [4.78, 5) is 12.5. The van der Waals surface area contributed by atoms with Gasteiger partial charge in [0.2, 0.25) is 10.0 Å². The van der Waals surface area contributed by atoms with E-state index >= 15 is 0 Å². The van der Waals surface area contributed by atoms with Crippen molar-refractivity contribution >= 4 is 21.6 Å². The highest BCUT2D eigenvalue weighted by Crippen LogP contribution is 2.25. The molecule has 0 saturated carbocycles. The first-order valence-electron chi connectivity index (χ1n) is 8.60. The third-order valence-corrected chi connectivity index (χ3v) is 6.63. The summed E-state index contributed by atoms with van der Waals surface area (Å²) < 4.78 is 32.5. The van der Waals surface area contributed by atoms with Crippen molar-refractivity contribution in [1.82, 2.24) is 4.31 Å². The number of sulfonamides is 1. The SMILES string of the molecule is CCN(CC)S(=O)(=O)c1cc(NC(=O)[C@@H]2CC[C@H](CN)O2)ccc1C. The first kappa shape index (κ1) is 19.8. The predicted octanol–water partition coefficient (Wildman–Crippen LogP) is 1.47. The van der Waals surface area contributed by atoms with Crippen LogP contribution < -0.4 is 11.1 Å². The number of carbonyl (C=O) groups is 1. The molecule has 1 amide bonds. The number of hydrogen-bond donors (Lipinski definition) is 2. The van der Waals surface area contributed by atoms with Gasteiger partial charge in [-0.3, -0.25) is 4.79 Å². The number of nitrogens with two attached hydrogens (primary N) is 1. The van der Waals surface area contributed by atoms with Crippen molar-refractivity contribution in [2.24, 2.45) is 5.73 Å². The summed E-state index contributed by atoms with van der Waals surface area (Å²) in [6.45, 7) is 6.52. The van der Waals surface area contributed by atoms with Crippen molar-refractivity contribution in [3.8, 4) is 0 Å². The van der Waals surface area contributed by atoms with Crippen molar-refractivity contribution in [2.75, 3.05) is 25.0 Å². The molecule has 8 heteroatoms. The van der Waals surface area contributed by atoms with E-state index < -0.39 is 16.1 Å². The summed E-state index contributed by atoms with van der Waals surface area (Å²) in [5, 5.41) is 2.76. The van der Waals surface area contributed by atoms with Gasteiger partial charge in [-0.2, -0.15) is 4.31 Å². The number of ether oxygens (including phenoxy) is 1. The molecule has 1 heterocycles. The third-order valence-electron chi connectivity index (χ3n) is 4.44. The summed E-state index contributed by atoms with van der Waals surface area (Å²) >= 11 is 0. The molecule has 0 spiro atoms. The van der Waals surface area contributed by atoms with Crippen molar-refractivity contribution < 1.29 is 17.9 Å². The number of amides is 1. The highest BCUT2D eigenvalue weighted by atomic mass is 32.2. The van der Waals surface area contributed by atoms with Gasteiger partial charge in [-0.15, -0.1) is 0 Å². The summed E-state index contributed by atoms with van der Waals surface area (Å²) in [6, 6.07) is 4.91. The minimum Gasteiger partial charge on any atom is -0.364 e. The lowest BCUT2D eigenvalue weighted by Crippen LogP contribution is -2.31. The fraction of sp³-hybridized carbons (Fsp3) is 0.588. The van der Waals surface area contributed by atoms with Gasteiger partial charge in [0, 0.05) is 25.3 Å². The third kappa shape index (κ3) is 4.38. The summed E-state index contributed by atoms with van der Waals surface area (Å²) in [5.41, 5.74) is 6.65. The molecule has 0 aliphatic carbocycles. The Morgan fingerprint density at radius 2 is 2.00 bits per heavy atom. The standard InChI is InChI=1S/C17H27N3O4S/c1-4-20(5-2)25(22,23)16-10-13(7-6-12(16)3)19-17(21)15-9-8-14(11-18)24-15/h6-7,10,14-15H,4-5,8-9,11,18H2,1-3H3,(H,19,21)/t14-,15+/m1/s1. The first-order valence-corrected chi connectivity index (χ1v) is 10.0. The zero-order chi connectivity index (χ0) is 18.6. The maximum absolute atomic E-state index is 12.8. The molecule has 3 N–H and O–H groups in total. The monoisotopic (exact) mass is 369 g/mol. The molecule has 0 unspecified atom stereocenters. The van der Waals surface area contributed by atoms with E-state index in [0.717, 1.165) is 6.42 Å². The van der Waals surface area contributed by atoms with E-state index in [2.05, 4.69) is 5.32 Å². The summed E-state index contributed by atoms with van der Waals surface area (Å²) in [5.74, 6) is -0.272. The molecule has 0 radical (unpaired) electrons. The smallest absolute Gasteiger partial charge is 0.253 e. The molecule has 1 aromatic carbocycles. The quantitative estimate of drug-likeness (QED) is 0.758. The minimum absolute atomic E-state index is 0.0904. The van der Waals surface area contributed by atoms with Crippen molar-refractivity contribution in [3.63, 3.8) is 0 Å². The molecule has 0 bridgehead atoms. The molecule has 1 fully saturated rings. The molecule has 140 valence electrons. The van der Waals surface area contributed by atoms with Crippen LogP contribution in [0.15, 0.2) is 23.1 Å². The minimum atomic E-state index is -3.59. The predicted molar refractivity (Wildman–Crippen MR) is 96.9 cm³/mol. The Bertz CT molecular complexity index is 717. The van der Waals surface area contributed by atoms with Crippen LogP contribution >= 0.6 is 0 Å². The zero-order valence-electron chi connectivity index (χ0n) is 15.0. The van der Waals surface area contributed by atoms with Gasteiger partial charge >= 0.3 is 0 Å². The van der Waals surface area contributed by atoms with Gasteiger partial charge in [0.05, 0.1) is 11.0 Å². The van der Waals surface area contributed by atoms with Gasteiger partial charge in [0.25, 0.3) is 5.91 Å². The Hall–Kier alpha value is -1.48. The number of nitrogens with one attached hydrogen (secondary N) is 1.